The lowest BCUT2D eigenvalue weighted by atomic mass is 9.91. The maximum Gasteiger partial charge on any atom is 0.337 e. The van der Waals surface area contributed by atoms with E-state index >= 15 is 0 Å². The minimum absolute atomic E-state index is 0.00310. The van der Waals surface area contributed by atoms with Crippen LogP contribution < -0.4 is 10.1 Å². The molecule has 0 aliphatic rings. The van der Waals surface area contributed by atoms with Crippen molar-refractivity contribution in [3.63, 3.8) is 0 Å². The number of carboxylic acid groups (broad SMARTS) is 1. The monoisotopic (exact) mass is 594 g/mol. The summed E-state index contributed by atoms with van der Waals surface area (Å²) in [6, 6.07) is 15.5. The van der Waals surface area contributed by atoms with Crippen molar-refractivity contribution in [3.05, 3.63) is 76.9 Å². The largest absolute Gasteiger partial charge is 0.493 e. The number of H-pyrrole nitrogens is 1. The summed E-state index contributed by atoms with van der Waals surface area (Å²) in [4.78, 5) is 27.8. The van der Waals surface area contributed by atoms with E-state index in [0.29, 0.717) is 53.0 Å². The number of nitriles is 1. The Morgan fingerprint density at radius 1 is 1.11 bits per heavy atom. The van der Waals surface area contributed by atoms with Gasteiger partial charge in [0, 0.05) is 24.4 Å². The Morgan fingerprint density at radius 3 is 2.50 bits per heavy atom. The number of rotatable bonds is 9. The van der Waals surface area contributed by atoms with Gasteiger partial charge in [-0.15, -0.1) is 15.3 Å². The number of benzene rings is 2. The molecule has 0 spiro atoms. The molecular formula is C30H30N10O4. The zero-order valence-electron chi connectivity index (χ0n) is 24.8. The molecule has 0 unspecified atom stereocenters. The van der Waals surface area contributed by atoms with Crippen LogP contribution in [0.3, 0.4) is 0 Å². The molecule has 0 radical (unpaired) electrons. The first-order valence-electron chi connectivity index (χ1n) is 13.7. The molecule has 14 heteroatoms. The number of carbonyl (C=O) groups excluding carboxylic acids is 1. The predicted molar refractivity (Wildman–Crippen MR) is 160 cm³/mol. The minimum Gasteiger partial charge on any atom is -0.493 e. The number of anilines is 1. The number of aromatic carboxylic acids is 1. The summed E-state index contributed by atoms with van der Waals surface area (Å²) in [6.45, 7) is 9.41. The average Bonchev–Trinajstić information content (AvgIpc) is 3.62. The summed E-state index contributed by atoms with van der Waals surface area (Å²) in [7, 11) is 0. The molecule has 3 aromatic heterocycles. The Kier molecular flexibility index (Phi) is 7.95. The summed E-state index contributed by atoms with van der Waals surface area (Å²) in [5.74, 6) is -0.0476. The van der Waals surface area contributed by atoms with E-state index in [2.05, 4.69) is 41.9 Å². The number of hydrogen-bond acceptors (Lipinski definition) is 9. The van der Waals surface area contributed by atoms with Crippen LogP contribution in [-0.4, -0.2) is 53.2 Å². The second kappa shape index (κ2) is 11.8. The van der Waals surface area contributed by atoms with Gasteiger partial charge in [0.25, 0.3) is 0 Å². The van der Waals surface area contributed by atoms with E-state index in [1.54, 1.807) is 49.4 Å². The van der Waals surface area contributed by atoms with Gasteiger partial charge < -0.3 is 15.2 Å². The van der Waals surface area contributed by atoms with Gasteiger partial charge in [-0.2, -0.15) is 15.0 Å². The quantitative estimate of drug-likeness (QED) is 0.189. The lowest BCUT2D eigenvalue weighted by Crippen LogP contribution is -2.13. The third-order valence-corrected chi connectivity index (χ3v) is 6.59. The number of carbonyl (C=O) groups is 2. The molecule has 0 saturated carbocycles. The van der Waals surface area contributed by atoms with Gasteiger partial charge in [-0.1, -0.05) is 32.9 Å². The van der Waals surface area contributed by atoms with Crippen molar-refractivity contribution in [2.75, 3.05) is 11.9 Å². The number of aromatic nitrogens is 6. The van der Waals surface area contributed by atoms with E-state index in [1.807, 2.05) is 20.8 Å². The molecule has 2 aromatic carbocycles. The van der Waals surface area contributed by atoms with Crippen LogP contribution in [0.2, 0.25) is 0 Å². The Morgan fingerprint density at radius 2 is 1.84 bits per heavy atom. The zero-order valence-corrected chi connectivity index (χ0v) is 24.8. The summed E-state index contributed by atoms with van der Waals surface area (Å²) >= 11 is 0. The van der Waals surface area contributed by atoms with E-state index in [1.165, 1.54) is 22.3 Å². The van der Waals surface area contributed by atoms with E-state index in [4.69, 9.17) is 4.74 Å². The molecular weight excluding hydrogens is 564 g/mol. The lowest BCUT2D eigenvalue weighted by Gasteiger charge is -2.16. The van der Waals surface area contributed by atoms with Gasteiger partial charge in [-0.25, -0.2) is 14.5 Å². The highest BCUT2D eigenvalue weighted by molar-refractivity contribution is 5.92. The fraction of sp³-hybridized carbons (Fsp3) is 0.267. The average molecular weight is 595 g/mol. The second-order valence-corrected chi connectivity index (χ2v) is 11.0. The van der Waals surface area contributed by atoms with Crippen LogP contribution in [-0.2, 0) is 16.6 Å². The standard InChI is InChI=1S/C30H30N10O4/c1-17-22(16-31)27(39(36-17)23-9-7-6-8-21(23)29(42)43)35-34-25-26(30(3,4)5)38-40-28(25)33-24(37-40)14-15-44-20-12-10-19(11-13-20)32-18(2)41/h6-13,38H,14-15H2,1-5H3,(H,32,41)(H,42,43). The fourth-order valence-corrected chi connectivity index (χ4v) is 4.52. The molecule has 0 aliphatic carbocycles. The number of nitrogens with one attached hydrogen (secondary N) is 2. The van der Waals surface area contributed by atoms with Crippen LogP contribution >= 0.6 is 0 Å². The first-order chi connectivity index (χ1) is 21.0. The normalized spacial score (nSPS) is 11.6. The van der Waals surface area contributed by atoms with Crippen molar-refractivity contribution in [3.8, 4) is 17.5 Å². The number of hydrogen-bond donors (Lipinski definition) is 3. The SMILES string of the molecule is CC(=O)Nc1ccc(OCCc2nc3c(N=Nc4c(C#N)c(C)nn4-c4ccccc4C(=O)O)c(C(C)(C)C)[nH]n3n2)cc1. The van der Waals surface area contributed by atoms with Gasteiger partial charge in [-0.05, 0) is 43.3 Å². The van der Waals surface area contributed by atoms with Crippen LogP contribution in [0.25, 0.3) is 11.3 Å². The molecule has 0 atom stereocenters. The number of azo groups is 1. The fourth-order valence-electron chi connectivity index (χ4n) is 4.52. The molecule has 0 fully saturated rings. The highest BCUT2D eigenvalue weighted by atomic mass is 16.5. The number of para-hydroxylation sites is 1. The van der Waals surface area contributed by atoms with Crippen molar-refractivity contribution in [2.24, 2.45) is 10.2 Å². The predicted octanol–water partition coefficient (Wildman–Crippen LogP) is 5.41. The molecule has 3 heterocycles. The molecule has 0 saturated heterocycles. The van der Waals surface area contributed by atoms with E-state index in [9.17, 15) is 20.0 Å². The minimum atomic E-state index is -1.14. The van der Waals surface area contributed by atoms with Crippen molar-refractivity contribution < 1.29 is 19.4 Å². The highest BCUT2D eigenvalue weighted by Crippen LogP contribution is 2.36. The molecule has 5 aromatic rings. The van der Waals surface area contributed by atoms with E-state index in [-0.39, 0.29) is 28.5 Å². The van der Waals surface area contributed by atoms with Crippen LogP contribution in [0.5, 0.6) is 5.75 Å². The summed E-state index contributed by atoms with van der Waals surface area (Å²) < 4.78 is 8.67. The molecule has 5 rings (SSSR count). The van der Waals surface area contributed by atoms with Crippen LogP contribution in [0.4, 0.5) is 17.2 Å². The molecule has 224 valence electrons. The molecule has 0 aliphatic heterocycles. The molecule has 0 bridgehead atoms. The summed E-state index contributed by atoms with van der Waals surface area (Å²) in [6.07, 6.45) is 0.404. The number of ether oxygens (including phenoxy) is 1. The molecule has 1 amide bonds. The molecule has 44 heavy (non-hydrogen) atoms. The van der Waals surface area contributed by atoms with Crippen molar-refractivity contribution >= 4 is 34.7 Å². The maximum absolute atomic E-state index is 11.9. The van der Waals surface area contributed by atoms with Crippen LogP contribution in [0.15, 0.2) is 58.8 Å². The van der Waals surface area contributed by atoms with Crippen molar-refractivity contribution in [2.45, 2.75) is 46.5 Å². The summed E-state index contributed by atoms with van der Waals surface area (Å²) in [5, 5.41) is 43.5. The number of carboxylic acids is 1. The number of fused-ring (bicyclic) bond motifs is 1. The van der Waals surface area contributed by atoms with Gasteiger partial charge in [0.2, 0.25) is 11.6 Å². The second-order valence-electron chi connectivity index (χ2n) is 11.0. The molecule has 14 nitrogen and oxygen atoms in total. The number of amides is 1. The molecule has 3 N–H and O–H groups in total. The van der Waals surface area contributed by atoms with Crippen molar-refractivity contribution in [1.82, 2.24) is 29.6 Å². The Labute approximate surface area is 252 Å². The van der Waals surface area contributed by atoms with Crippen LogP contribution in [0, 0.1) is 18.3 Å². The van der Waals surface area contributed by atoms with Crippen molar-refractivity contribution in [1.29, 1.82) is 5.26 Å². The number of aryl methyl sites for hydroxylation is 1. The van der Waals surface area contributed by atoms with E-state index in [0.717, 1.165) is 0 Å². The third kappa shape index (κ3) is 6.02. The van der Waals surface area contributed by atoms with Gasteiger partial charge in [-0.3, -0.25) is 9.89 Å². The van der Waals surface area contributed by atoms with E-state index < -0.39 is 11.4 Å². The highest BCUT2D eigenvalue weighted by Gasteiger charge is 2.27. The summed E-state index contributed by atoms with van der Waals surface area (Å²) in [5.41, 5.74) is 2.66. The Hall–Kier alpha value is -5.84. The maximum atomic E-state index is 11.9. The van der Waals surface area contributed by atoms with Gasteiger partial charge in [0.1, 0.15) is 17.4 Å². The third-order valence-electron chi connectivity index (χ3n) is 6.59. The first-order valence-corrected chi connectivity index (χ1v) is 13.7. The lowest BCUT2D eigenvalue weighted by molar-refractivity contribution is -0.114. The topological polar surface area (TPSA) is 188 Å². The van der Waals surface area contributed by atoms with Gasteiger partial charge >= 0.3 is 5.97 Å². The van der Waals surface area contributed by atoms with Crippen LogP contribution in [0.1, 0.15) is 60.8 Å². The van der Waals surface area contributed by atoms with Gasteiger partial charge in [0.15, 0.2) is 17.3 Å². The Bertz CT molecular complexity index is 1940. The number of aromatic amines is 1. The zero-order chi connectivity index (χ0) is 31.6. The smallest absolute Gasteiger partial charge is 0.337 e. The Balaban J connectivity index is 1.46. The van der Waals surface area contributed by atoms with Gasteiger partial charge in [0.05, 0.1) is 29.2 Å². The first kappa shape index (κ1) is 29.6. The number of nitrogens with zero attached hydrogens (tertiary/aromatic N) is 8.